The summed E-state index contributed by atoms with van der Waals surface area (Å²) in [5.74, 6) is 0. The van der Waals surface area contributed by atoms with E-state index in [0.717, 1.165) is 5.56 Å². The molecule has 0 aliphatic heterocycles. The highest BCUT2D eigenvalue weighted by Crippen LogP contribution is 1.99. The summed E-state index contributed by atoms with van der Waals surface area (Å²) in [6, 6.07) is 3.79. The van der Waals surface area contributed by atoms with E-state index in [1.165, 1.54) is 0 Å². The molecule has 2 rings (SSSR count). The predicted molar refractivity (Wildman–Crippen MR) is 48.7 cm³/mol. The lowest BCUT2D eigenvalue weighted by Gasteiger charge is -1.98. The van der Waals surface area contributed by atoms with Gasteiger partial charge in [-0.2, -0.15) is 0 Å². The molecule has 2 aromatic rings. The highest BCUT2D eigenvalue weighted by molar-refractivity contribution is 5.70. The lowest BCUT2D eigenvalue weighted by atomic mass is 10.3. The van der Waals surface area contributed by atoms with Crippen LogP contribution in [0.25, 0.3) is 0 Å². The van der Waals surface area contributed by atoms with E-state index in [0.29, 0.717) is 18.5 Å². The van der Waals surface area contributed by atoms with Gasteiger partial charge in [-0.1, -0.05) is 11.3 Å². The van der Waals surface area contributed by atoms with Gasteiger partial charge in [0.1, 0.15) is 5.69 Å². The number of aldehydes is 1. The topological polar surface area (TPSA) is 60.7 Å². The molecule has 0 N–H and O–H groups in total. The number of carbonyl (C=O) groups excluding carboxylic acids is 1. The summed E-state index contributed by atoms with van der Waals surface area (Å²) >= 11 is 0. The molecule has 5 nitrogen and oxygen atoms in total. The van der Waals surface area contributed by atoms with Crippen LogP contribution in [0.3, 0.4) is 0 Å². The van der Waals surface area contributed by atoms with Gasteiger partial charge in [0.15, 0.2) is 6.29 Å². The van der Waals surface area contributed by atoms with Crippen molar-refractivity contribution in [2.45, 2.75) is 6.54 Å². The zero-order valence-corrected chi connectivity index (χ0v) is 7.37. The summed E-state index contributed by atoms with van der Waals surface area (Å²) < 4.78 is 1.60. The first-order chi connectivity index (χ1) is 6.88. The Balaban J connectivity index is 2.15. The Bertz CT molecular complexity index is 423. The summed E-state index contributed by atoms with van der Waals surface area (Å²) in [7, 11) is 0. The van der Waals surface area contributed by atoms with Crippen molar-refractivity contribution in [3.63, 3.8) is 0 Å². The van der Waals surface area contributed by atoms with E-state index in [1.807, 2.05) is 12.1 Å². The third-order valence-corrected chi connectivity index (χ3v) is 1.74. The van der Waals surface area contributed by atoms with Crippen LogP contribution < -0.4 is 0 Å². The van der Waals surface area contributed by atoms with Crippen molar-refractivity contribution in [1.29, 1.82) is 0 Å². The van der Waals surface area contributed by atoms with Crippen molar-refractivity contribution in [2.24, 2.45) is 0 Å². The molecule has 70 valence electrons. The van der Waals surface area contributed by atoms with Gasteiger partial charge in [0.05, 0.1) is 12.7 Å². The molecule has 14 heavy (non-hydrogen) atoms. The molecule has 0 aromatic carbocycles. The Morgan fingerprint density at radius 3 is 3.07 bits per heavy atom. The fourth-order valence-corrected chi connectivity index (χ4v) is 1.12. The maximum Gasteiger partial charge on any atom is 0.171 e. The Labute approximate surface area is 80.4 Å². The number of carbonyl (C=O) groups is 1. The zero-order valence-electron chi connectivity index (χ0n) is 7.37. The Morgan fingerprint density at radius 2 is 2.43 bits per heavy atom. The van der Waals surface area contributed by atoms with Crippen LogP contribution in [0.2, 0.25) is 0 Å². The fraction of sp³-hybridized carbons (Fsp3) is 0.111. The molecule has 0 atom stereocenters. The van der Waals surface area contributed by atoms with Crippen LogP contribution in [-0.2, 0) is 6.54 Å². The second-order valence-corrected chi connectivity index (χ2v) is 2.82. The molecular weight excluding hydrogens is 180 g/mol. The average molecular weight is 188 g/mol. The van der Waals surface area contributed by atoms with Gasteiger partial charge in [-0.05, 0) is 11.6 Å². The van der Waals surface area contributed by atoms with Crippen molar-refractivity contribution in [3.05, 3.63) is 42.0 Å². The molecule has 5 heteroatoms. The molecule has 2 heterocycles. The molecule has 0 bridgehead atoms. The van der Waals surface area contributed by atoms with E-state index >= 15 is 0 Å². The van der Waals surface area contributed by atoms with E-state index in [4.69, 9.17) is 0 Å². The Kier molecular flexibility index (Phi) is 2.31. The van der Waals surface area contributed by atoms with Crippen LogP contribution in [0.1, 0.15) is 16.1 Å². The molecule has 0 spiro atoms. The van der Waals surface area contributed by atoms with Crippen molar-refractivity contribution >= 4 is 6.29 Å². The van der Waals surface area contributed by atoms with Gasteiger partial charge in [0.25, 0.3) is 0 Å². The molecule has 0 saturated carbocycles. The molecule has 0 unspecified atom stereocenters. The minimum atomic E-state index is 0.342. The summed E-state index contributed by atoms with van der Waals surface area (Å²) in [4.78, 5) is 14.3. The van der Waals surface area contributed by atoms with E-state index in [1.54, 1.807) is 23.3 Å². The van der Waals surface area contributed by atoms with Crippen molar-refractivity contribution in [2.75, 3.05) is 0 Å². The number of aromatic nitrogens is 4. The third kappa shape index (κ3) is 1.82. The number of nitrogens with zero attached hydrogens (tertiary/aromatic N) is 4. The van der Waals surface area contributed by atoms with Crippen LogP contribution in [0.4, 0.5) is 0 Å². The molecule has 0 fully saturated rings. The van der Waals surface area contributed by atoms with Crippen LogP contribution in [-0.4, -0.2) is 26.3 Å². The van der Waals surface area contributed by atoms with Gasteiger partial charge in [0, 0.05) is 12.4 Å². The fourth-order valence-electron chi connectivity index (χ4n) is 1.12. The van der Waals surface area contributed by atoms with E-state index in [-0.39, 0.29) is 0 Å². The van der Waals surface area contributed by atoms with Gasteiger partial charge in [0.2, 0.25) is 0 Å². The lowest BCUT2D eigenvalue weighted by Crippen LogP contribution is -2.00. The second-order valence-electron chi connectivity index (χ2n) is 2.82. The molecule has 0 radical (unpaired) electrons. The number of hydrogen-bond acceptors (Lipinski definition) is 4. The van der Waals surface area contributed by atoms with Crippen LogP contribution in [0.15, 0.2) is 30.7 Å². The van der Waals surface area contributed by atoms with E-state index < -0.39 is 0 Å². The van der Waals surface area contributed by atoms with Gasteiger partial charge < -0.3 is 0 Å². The summed E-state index contributed by atoms with van der Waals surface area (Å²) in [5, 5.41) is 7.45. The van der Waals surface area contributed by atoms with Gasteiger partial charge in [-0.15, -0.1) is 5.10 Å². The van der Waals surface area contributed by atoms with Crippen molar-refractivity contribution in [3.8, 4) is 0 Å². The highest BCUT2D eigenvalue weighted by atomic mass is 16.1. The minimum Gasteiger partial charge on any atom is -0.296 e. The number of hydrogen-bond donors (Lipinski definition) is 0. The normalized spacial score (nSPS) is 10.0. The summed E-state index contributed by atoms with van der Waals surface area (Å²) in [6.07, 6.45) is 5.73. The van der Waals surface area contributed by atoms with Gasteiger partial charge in [-0.25, -0.2) is 4.68 Å². The first-order valence-corrected chi connectivity index (χ1v) is 4.13. The second kappa shape index (κ2) is 3.78. The van der Waals surface area contributed by atoms with Crippen LogP contribution >= 0.6 is 0 Å². The first-order valence-electron chi connectivity index (χ1n) is 4.13. The molecule has 0 amide bonds. The third-order valence-electron chi connectivity index (χ3n) is 1.74. The number of pyridine rings is 1. The standard InChI is InChI=1S/C9H8N4O/c14-7-9-6-13(12-11-9)5-8-2-1-3-10-4-8/h1-4,6-7H,5H2. The van der Waals surface area contributed by atoms with Crippen LogP contribution in [0.5, 0.6) is 0 Å². The van der Waals surface area contributed by atoms with Gasteiger partial charge in [-0.3, -0.25) is 9.78 Å². The van der Waals surface area contributed by atoms with Crippen molar-refractivity contribution in [1.82, 2.24) is 20.0 Å². The van der Waals surface area contributed by atoms with Crippen LogP contribution in [0, 0.1) is 0 Å². The molecule has 2 aromatic heterocycles. The summed E-state index contributed by atoms with van der Waals surface area (Å²) in [5.41, 5.74) is 1.36. The maximum absolute atomic E-state index is 10.3. The first kappa shape index (κ1) is 8.55. The predicted octanol–water partition coefficient (Wildman–Crippen LogP) is 0.534. The molecule has 0 aliphatic rings. The maximum atomic E-state index is 10.3. The minimum absolute atomic E-state index is 0.342. The Morgan fingerprint density at radius 1 is 1.50 bits per heavy atom. The van der Waals surface area contributed by atoms with E-state index in [9.17, 15) is 4.79 Å². The zero-order chi connectivity index (χ0) is 9.80. The quantitative estimate of drug-likeness (QED) is 0.659. The average Bonchev–Trinajstić information content (AvgIpc) is 2.67. The molecule has 0 saturated heterocycles. The summed E-state index contributed by atoms with van der Waals surface area (Å²) in [6.45, 7) is 0.578. The molecule has 0 aliphatic carbocycles. The monoisotopic (exact) mass is 188 g/mol. The van der Waals surface area contributed by atoms with Gasteiger partial charge >= 0.3 is 0 Å². The largest absolute Gasteiger partial charge is 0.296 e. The van der Waals surface area contributed by atoms with E-state index in [2.05, 4.69) is 15.3 Å². The lowest BCUT2D eigenvalue weighted by molar-refractivity contribution is 0.111. The van der Waals surface area contributed by atoms with Crippen molar-refractivity contribution < 1.29 is 4.79 Å². The SMILES string of the molecule is O=Cc1cn(Cc2cccnc2)nn1. The smallest absolute Gasteiger partial charge is 0.171 e. The molecular formula is C9H8N4O. The Hall–Kier alpha value is -2.04. The number of rotatable bonds is 3. The highest BCUT2D eigenvalue weighted by Gasteiger charge is 1.99.